The molecule has 1 saturated heterocycles. The maximum atomic E-state index is 12.1. The fourth-order valence-corrected chi connectivity index (χ4v) is 3.11. The fourth-order valence-electron chi connectivity index (χ4n) is 1.78. The lowest BCUT2D eigenvalue weighted by Crippen LogP contribution is -2.54. The van der Waals surface area contributed by atoms with Crippen molar-refractivity contribution >= 4 is 23.6 Å². The van der Waals surface area contributed by atoms with Crippen LogP contribution in [0.3, 0.4) is 0 Å². The van der Waals surface area contributed by atoms with Crippen LogP contribution in [0.2, 0.25) is 0 Å². The Labute approximate surface area is 108 Å². The second-order valence-electron chi connectivity index (χ2n) is 4.17. The topological polar surface area (TPSA) is 92.2 Å². The van der Waals surface area contributed by atoms with Crippen molar-refractivity contribution in [1.29, 1.82) is 0 Å². The molecule has 0 saturated carbocycles. The highest BCUT2D eigenvalue weighted by Crippen LogP contribution is 2.28. The number of nitrogens with zero attached hydrogens (tertiary/aromatic N) is 2. The Kier molecular flexibility index (Phi) is 3.51. The highest BCUT2D eigenvalue weighted by atomic mass is 32.2. The van der Waals surface area contributed by atoms with E-state index in [-0.39, 0.29) is 0 Å². The van der Waals surface area contributed by atoms with Crippen LogP contribution in [0.15, 0.2) is 12.5 Å². The van der Waals surface area contributed by atoms with Gasteiger partial charge in [0.15, 0.2) is 0 Å². The van der Waals surface area contributed by atoms with Crippen LogP contribution >= 0.6 is 11.8 Å². The van der Waals surface area contributed by atoms with Crippen molar-refractivity contribution in [2.75, 3.05) is 11.5 Å². The quantitative estimate of drug-likeness (QED) is 0.827. The summed E-state index contributed by atoms with van der Waals surface area (Å²) in [6.45, 7) is 1.69. The first kappa shape index (κ1) is 12.8. The molecule has 0 spiro atoms. The normalized spacial score (nSPS) is 22.7. The van der Waals surface area contributed by atoms with E-state index in [2.05, 4.69) is 15.3 Å². The van der Waals surface area contributed by atoms with Crippen molar-refractivity contribution in [3.8, 4) is 0 Å². The van der Waals surface area contributed by atoms with Crippen molar-refractivity contribution < 1.29 is 14.7 Å². The standard InChI is InChI=1S/C11H13N3O3S/c1-7-8(4-12-6-13-7)9(15)14-11(10(16)17)2-3-18-5-11/h4,6H,2-3,5H2,1H3,(H,14,15)(H,16,17). The number of carbonyl (C=O) groups is 2. The largest absolute Gasteiger partial charge is 0.479 e. The number of aromatic nitrogens is 2. The summed E-state index contributed by atoms with van der Waals surface area (Å²) >= 11 is 1.52. The molecule has 1 aromatic rings. The lowest BCUT2D eigenvalue weighted by Gasteiger charge is -2.24. The molecule has 6 nitrogen and oxygen atoms in total. The fraction of sp³-hybridized carbons (Fsp3) is 0.455. The molecule has 1 aromatic heterocycles. The zero-order valence-corrected chi connectivity index (χ0v) is 10.7. The minimum atomic E-state index is -1.16. The third-order valence-electron chi connectivity index (χ3n) is 2.94. The van der Waals surface area contributed by atoms with Crippen LogP contribution in [0, 0.1) is 6.92 Å². The second kappa shape index (κ2) is 4.93. The van der Waals surface area contributed by atoms with Crippen LogP contribution in [0.1, 0.15) is 22.5 Å². The van der Waals surface area contributed by atoms with E-state index >= 15 is 0 Å². The van der Waals surface area contributed by atoms with Gasteiger partial charge in [-0.15, -0.1) is 0 Å². The molecular weight excluding hydrogens is 254 g/mol. The Morgan fingerprint density at radius 2 is 2.33 bits per heavy atom. The SMILES string of the molecule is Cc1ncncc1C(=O)NC1(C(=O)O)CCSC1. The molecule has 1 aliphatic heterocycles. The average Bonchev–Trinajstić information content (AvgIpc) is 2.79. The van der Waals surface area contributed by atoms with Gasteiger partial charge in [0.1, 0.15) is 11.9 Å². The molecule has 2 N–H and O–H groups in total. The molecule has 1 fully saturated rings. The highest BCUT2D eigenvalue weighted by Gasteiger charge is 2.43. The van der Waals surface area contributed by atoms with E-state index in [1.54, 1.807) is 6.92 Å². The third-order valence-corrected chi connectivity index (χ3v) is 4.13. The Morgan fingerprint density at radius 1 is 1.56 bits per heavy atom. The van der Waals surface area contributed by atoms with Crippen LogP contribution in [0.4, 0.5) is 0 Å². The summed E-state index contributed by atoms with van der Waals surface area (Å²) < 4.78 is 0. The molecule has 0 bridgehead atoms. The van der Waals surface area contributed by atoms with E-state index in [9.17, 15) is 14.7 Å². The minimum Gasteiger partial charge on any atom is -0.479 e. The van der Waals surface area contributed by atoms with Crippen molar-refractivity contribution in [2.24, 2.45) is 0 Å². The van der Waals surface area contributed by atoms with E-state index in [0.717, 1.165) is 5.75 Å². The highest BCUT2D eigenvalue weighted by molar-refractivity contribution is 7.99. The number of rotatable bonds is 3. The predicted molar refractivity (Wildman–Crippen MR) is 66.5 cm³/mol. The van der Waals surface area contributed by atoms with Gasteiger partial charge < -0.3 is 10.4 Å². The number of amides is 1. The predicted octanol–water partition coefficient (Wildman–Crippen LogP) is 0.475. The maximum Gasteiger partial charge on any atom is 0.330 e. The number of thioether (sulfide) groups is 1. The van der Waals surface area contributed by atoms with Crippen molar-refractivity contribution in [3.05, 3.63) is 23.8 Å². The van der Waals surface area contributed by atoms with Gasteiger partial charge in [-0.3, -0.25) is 4.79 Å². The van der Waals surface area contributed by atoms with Gasteiger partial charge in [0.05, 0.1) is 11.3 Å². The average molecular weight is 267 g/mol. The van der Waals surface area contributed by atoms with Gasteiger partial charge in [0.25, 0.3) is 5.91 Å². The molecule has 2 heterocycles. The van der Waals surface area contributed by atoms with Crippen molar-refractivity contribution in [2.45, 2.75) is 18.9 Å². The van der Waals surface area contributed by atoms with Crippen LogP contribution in [0.25, 0.3) is 0 Å². The number of nitrogens with one attached hydrogen (secondary N) is 1. The second-order valence-corrected chi connectivity index (χ2v) is 5.27. The van der Waals surface area contributed by atoms with E-state index < -0.39 is 17.4 Å². The zero-order valence-electron chi connectivity index (χ0n) is 9.84. The molecule has 1 atom stereocenters. The number of aryl methyl sites for hydroxylation is 1. The number of aliphatic carboxylic acids is 1. The Morgan fingerprint density at radius 3 is 2.89 bits per heavy atom. The van der Waals surface area contributed by atoms with E-state index in [0.29, 0.717) is 23.4 Å². The van der Waals surface area contributed by atoms with Gasteiger partial charge >= 0.3 is 5.97 Å². The Balaban J connectivity index is 2.21. The Hall–Kier alpha value is -1.63. The summed E-state index contributed by atoms with van der Waals surface area (Å²) in [6, 6.07) is 0. The van der Waals surface area contributed by atoms with Crippen LogP contribution < -0.4 is 5.32 Å². The lowest BCUT2D eigenvalue weighted by atomic mass is 9.98. The maximum absolute atomic E-state index is 12.1. The molecule has 1 unspecified atom stereocenters. The minimum absolute atomic E-state index is 0.315. The summed E-state index contributed by atoms with van der Waals surface area (Å²) in [5.74, 6) is -0.300. The number of hydrogen-bond donors (Lipinski definition) is 2. The number of carboxylic acid groups (broad SMARTS) is 1. The van der Waals surface area contributed by atoms with Gasteiger partial charge in [0.2, 0.25) is 0 Å². The summed E-state index contributed by atoms with van der Waals surface area (Å²) in [6.07, 6.45) is 3.19. The molecule has 1 aliphatic rings. The van der Waals surface area contributed by atoms with Crippen LogP contribution in [0.5, 0.6) is 0 Å². The first-order chi connectivity index (χ1) is 8.55. The molecule has 18 heavy (non-hydrogen) atoms. The summed E-state index contributed by atoms with van der Waals surface area (Å²) in [4.78, 5) is 31.1. The number of carboxylic acids is 1. The lowest BCUT2D eigenvalue weighted by molar-refractivity contribution is -0.143. The first-order valence-electron chi connectivity index (χ1n) is 5.45. The molecule has 0 radical (unpaired) electrons. The van der Waals surface area contributed by atoms with Crippen LogP contribution in [-0.4, -0.2) is 44.0 Å². The van der Waals surface area contributed by atoms with E-state index in [1.807, 2.05) is 0 Å². The smallest absolute Gasteiger partial charge is 0.330 e. The van der Waals surface area contributed by atoms with Crippen LogP contribution in [-0.2, 0) is 4.79 Å². The van der Waals surface area contributed by atoms with Gasteiger partial charge in [-0.25, -0.2) is 14.8 Å². The molecular formula is C11H13N3O3S. The Bertz CT molecular complexity index is 486. The monoisotopic (exact) mass is 267 g/mol. The van der Waals surface area contributed by atoms with Gasteiger partial charge in [0, 0.05) is 11.9 Å². The van der Waals surface area contributed by atoms with E-state index in [1.165, 1.54) is 24.3 Å². The van der Waals surface area contributed by atoms with E-state index in [4.69, 9.17) is 0 Å². The van der Waals surface area contributed by atoms with Gasteiger partial charge in [-0.05, 0) is 19.1 Å². The molecule has 1 amide bonds. The van der Waals surface area contributed by atoms with Crippen molar-refractivity contribution in [3.63, 3.8) is 0 Å². The van der Waals surface area contributed by atoms with Gasteiger partial charge in [-0.2, -0.15) is 11.8 Å². The number of carbonyl (C=O) groups excluding carboxylic acids is 1. The molecule has 0 aromatic carbocycles. The van der Waals surface area contributed by atoms with Crippen molar-refractivity contribution in [1.82, 2.24) is 15.3 Å². The first-order valence-corrected chi connectivity index (χ1v) is 6.61. The third kappa shape index (κ3) is 2.31. The molecule has 0 aliphatic carbocycles. The molecule has 2 rings (SSSR count). The van der Waals surface area contributed by atoms with Gasteiger partial charge in [-0.1, -0.05) is 0 Å². The molecule has 96 valence electrons. The zero-order chi connectivity index (χ0) is 13.2. The summed E-state index contributed by atoms with van der Waals surface area (Å²) in [7, 11) is 0. The summed E-state index contributed by atoms with van der Waals surface area (Å²) in [5.41, 5.74) is -0.312. The number of hydrogen-bond acceptors (Lipinski definition) is 5. The summed E-state index contributed by atoms with van der Waals surface area (Å²) in [5, 5.41) is 11.9. The molecule has 7 heteroatoms.